The Hall–Kier alpha value is -1.62. The van der Waals surface area contributed by atoms with Gasteiger partial charge < -0.3 is 10.2 Å². The van der Waals surface area contributed by atoms with Gasteiger partial charge in [-0.1, -0.05) is 11.6 Å². The molecule has 2 unspecified atom stereocenters. The third-order valence-corrected chi connectivity index (χ3v) is 4.51. The first-order valence-corrected chi connectivity index (χ1v) is 7.62. The van der Waals surface area contributed by atoms with Crippen molar-refractivity contribution in [1.82, 2.24) is 15.2 Å². The molecule has 0 radical (unpaired) electrons. The first-order valence-electron chi connectivity index (χ1n) is 7.24. The molecule has 112 valence electrons. The highest BCUT2D eigenvalue weighted by Gasteiger charge is 2.42. The van der Waals surface area contributed by atoms with Crippen LogP contribution in [0.4, 0.5) is 0 Å². The van der Waals surface area contributed by atoms with Crippen molar-refractivity contribution >= 4 is 23.4 Å². The Labute approximate surface area is 128 Å². The van der Waals surface area contributed by atoms with E-state index in [9.17, 15) is 9.59 Å². The maximum absolute atomic E-state index is 12.8. The number of amides is 2. The summed E-state index contributed by atoms with van der Waals surface area (Å²) in [7, 11) is 0. The lowest BCUT2D eigenvalue weighted by Gasteiger charge is -2.29. The van der Waals surface area contributed by atoms with E-state index in [2.05, 4.69) is 10.3 Å². The molecule has 1 aromatic rings. The van der Waals surface area contributed by atoms with E-state index >= 15 is 0 Å². The topological polar surface area (TPSA) is 62.3 Å². The number of hydrogen-bond acceptors (Lipinski definition) is 3. The van der Waals surface area contributed by atoms with Crippen LogP contribution in [0.1, 0.15) is 31.7 Å². The van der Waals surface area contributed by atoms with Gasteiger partial charge in [0.2, 0.25) is 11.8 Å². The Morgan fingerprint density at radius 3 is 2.86 bits per heavy atom. The molecule has 3 rings (SSSR count). The van der Waals surface area contributed by atoms with E-state index in [1.165, 1.54) is 0 Å². The van der Waals surface area contributed by atoms with Crippen LogP contribution in [0.5, 0.6) is 0 Å². The molecule has 1 aromatic heterocycles. The first-order chi connectivity index (χ1) is 10.1. The minimum atomic E-state index is -0.372. The number of aromatic nitrogens is 1. The molecule has 2 fully saturated rings. The predicted octanol–water partition coefficient (Wildman–Crippen LogP) is 1.75. The zero-order chi connectivity index (χ0) is 15.0. The molecule has 2 aliphatic rings. The van der Waals surface area contributed by atoms with E-state index in [0.717, 1.165) is 18.4 Å². The fraction of sp³-hybridized carbons (Fsp3) is 0.533. The molecule has 1 aliphatic carbocycles. The van der Waals surface area contributed by atoms with Crippen molar-refractivity contribution in [3.63, 3.8) is 0 Å². The van der Waals surface area contributed by atoms with Gasteiger partial charge in [0.15, 0.2) is 0 Å². The van der Waals surface area contributed by atoms with E-state index in [-0.39, 0.29) is 23.9 Å². The number of nitrogens with one attached hydrogen (secondary N) is 1. The van der Waals surface area contributed by atoms with Crippen LogP contribution in [0.25, 0.3) is 0 Å². The summed E-state index contributed by atoms with van der Waals surface area (Å²) >= 11 is 6.14. The molecule has 2 atom stereocenters. The predicted molar refractivity (Wildman–Crippen MR) is 78.5 cm³/mol. The standard InChI is InChI=1S/C15H18ClN3O2/c1-9-6-13(20)18-14(10-2-3-10)15(21)19(9)8-11-4-5-17-7-12(11)16/h4-5,7,9-10,14H,2-3,6,8H2,1H3,(H,18,20). The Bertz CT molecular complexity index is 574. The van der Waals surface area contributed by atoms with E-state index in [0.29, 0.717) is 23.9 Å². The number of carbonyl (C=O) groups is 2. The van der Waals surface area contributed by atoms with Crippen LogP contribution in [-0.4, -0.2) is 33.8 Å². The van der Waals surface area contributed by atoms with E-state index in [4.69, 9.17) is 11.6 Å². The van der Waals surface area contributed by atoms with E-state index in [1.807, 2.05) is 13.0 Å². The van der Waals surface area contributed by atoms with Crippen molar-refractivity contribution in [3.8, 4) is 0 Å². The molecule has 1 saturated carbocycles. The molecule has 2 heterocycles. The van der Waals surface area contributed by atoms with Crippen molar-refractivity contribution in [3.05, 3.63) is 29.0 Å². The normalized spacial score (nSPS) is 26.5. The second-order valence-electron chi connectivity index (χ2n) is 5.87. The van der Waals surface area contributed by atoms with Gasteiger partial charge in [0.1, 0.15) is 6.04 Å². The number of halogens is 1. The molecule has 1 saturated heterocycles. The van der Waals surface area contributed by atoms with Crippen LogP contribution < -0.4 is 5.32 Å². The molecule has 1 N–H and O–H groups in total. The zero-order valence-corrected chi connectivity index (χ0v) is 12.6. The molecule has 0 bridgehead atoms. The average Bonchev–Trinajstić information content (AvgIpc) is 3.27. The number of hydrogen-bond donors (Lipinski definition) is 1. The molecule has 1 aliphatic heterocycles. The molecule has 0 aromatic carbocycles. The van der Waals surface area contributed by atoms with E-state index < -0.39 is 0 Å². The van der Waals surface area contributed by atoms with Gasteiger partial charge in [0, 0.05) is 31.4 Å². The van der Waals surface area contributed by atoms with Gasteiger partial charge in [0.25, 0.3) is 0 Å². The summed E-state index contributed by atoms with van der Waals surface area (Å²) in [4.78, 5) is 30.4. The Balaban J connectivity index is 1.85. The van der Waals surface area contributed by atoms with Gasteiger partial charge in [-0.2, -0.15) is 0 Å². The second-order valence-corrected chi connectivity index (χ2v) is 6.28. The van der Waals surface area contributed by atoms with Crippen molar-refractivity contribution in [2.45, 2.75) is 44.8 Å². The van der Waals surface area contributed by atoms with Gasteiger partial charge >= 0.3 is 0 Å². The van der Waals surface area contributed by atoms with Gasteiger partial charge in [0.05, 0.1) is 5.02 Å². The number of nitrogens with zero attached hydrogens (tertiary/aromatic N) is 2. The summed E-state index contributed by atoms with van der Waals surface area (Å²) < 4.78 is 0. The van der Waals surface area contributed by atoms with Crippen molar-refractivity contribution in [2.75, 3.05) is 0 Å². The van der Waals surface area contributed by atoms with Gasteiger partial charge in [-0.3, -0.25) is 14.6 Å². The van der Waals surface area contributed by atoms with Crippen LogP contribution in [0.15, 0.2) is 18.5 Å². The number of pyridine rings is 1. The Kier molecular flexibility index (Phi) is 3.85. The zero-order valence-electron chi connectivity index (χ0n) is 11.9. The second kappa shape index (κ2) is 5.64. The third kappa shape index (κ3) is 3.02. The van der Waals surface area contributed by atoms with Crippen LogP contribution in [0.3, 0.4) is 0 Å². The largest absolute Gasteiger partial charge is 0.344 e. The van der Waals surface area contributed by atoms with Crippen molar-refractivity contribution in [1.29, 1.82) is 0 Å². The van der Waals surface area contributed by atoms with Crippen LogP contribution >= 0.6 is 11.6 Å². The highest BCUT2D eigenvalue weighted by Crippen LogP contribution is 2.35. The van der Waals surface area contributed by atoms with E-state index in [1.54, 1.807) is 17.3 Å². The minimum absolute atomic E-state index is 0.00345. The summed E-state index contributed by atoms with van der Waals surface area (Å²) in [6.07, 6.45) is 5.59. The van der Waals surface area contributed by atoms with Gasteiger partial charge in [-0.25, -0.2) is 0 Å². The maximum atomic E-state index is 12.8. The lowest BCUT2D eigenvalue weighted by atomic mass is 10.1. The molecule has 0 spiro atoms. The Morgan fingerprint density at radius 2 is 2.19 bits per heavy atom. The maximum Gasteiger partial charge on any atom is 0.245 e. The van der Waals surface area contributed by atoms with Crippen LogP contribution in [0.2, 0.25) is 5.02 Å². The summed E-state index contributed by atoms with van der Waals surface area (Å²) in [5.41, 5.74) is 0.857. The highest BCUT2D eigenvalue weighted by atomic mass is 35.5. The van der Waals surface area contributed by atoms with Gasteiger partial charge in [-0.05, 0) is 37.3 Å². The quantitative estimate of drug-likeness (QED) is 0.925. The molecule has 5 nitrogen and oxygen atoms in total. The average molecular weight is 308 g/mol. The van der Waals surface area contributed by atoms with Crippen LogP contribution in [-0.2, 0) is 16.1 Å². The first kappa shape index (κ1) is 14.3. The van der Waals surface area contributed by atoms with Gasteiger partial charge in [-0.15, -0.1) is 0 Å². The fourth-order valence-corrected chi connectivity index (χ4v) is 2.95. The molecule has 2 amide bonds. The smallest absolute Gasteiger partial charge is 0.245 e. The summed E-state index contributed by atoms with van der Waals surface area (Å²) in [6, 6.07) is 1.31. The molecule has 21 heavy (non-hydrogen) atoms. The summed E-state index contributed by atoms with van der Waals surface area (Å²) in [5, 5.41) is 3.42. The van der Waals surface area contributed by atoms with Crippen LogP contribution in [0, 0.1) is 5.92 Å². The van der Waals surface area contributed by atoms with Crippen molar-refractivity contribution < 1.29 is 9.59 Å². The molecular weight excluding hydrogens is 290 g/mol. The summed E-state index contributed by atoms with van der Waals surface area (Å²) in [5.74, 6) is 0.252. The van der Waals surface area contributed by atoms with Crippen molar-refractivity contribution in [2.24, 2.45) is 5.92 Å². The lowest BCUT2D eigenvalue weighted by Crippen LogP contribution is -2.47. The Morgan fingerprint density at radius 1 is 1.43 bits per heavy atom. The lowest BCUT2D eigenvalue weighted by molar-refractivity contribution is -0.136. The third-order valence-electron chi connectivity index (χ3n) is 4.17. The number of carbonyl (C=O) groups excluding carboxylic acids is 2. The highest BCUT2D eigenvalue weighted by molar-refractivity contribution is 6.31. The molecular formula is C15H18ClN3O2. The minimum Gasteiger partial charge on any atom is -0.344 e. The monoisotopic (exact) mass is 307 g/mol. The fourth-order valence-electron chi connectivity index (χ4n) is 2.77. The molecule has 6 heteroatoms. The summed E-state index contributed by atoms with van der Waals surface area (Å²) in [6.45, 7) is 2.32. The SMILES string of the molecule is CC1CC(=O)NC(C2CC2)C(=O)N1Cc1ccncc1Cl. The number of rotatable bonds is 3.